The van der Waals surface area contributed by atoms with Crippen LogP contribution < -0.4 is 10.1 Å². The molecular formula is C24H29N5O4S. The predicted octanol–water partition coefficient (Wildman–Crippen LogP) is 5.10. The largest absolute Gasteiger partial charge is 0.486 e. The second-order valence-electron chi connectivity index (χ2n) is 8.21. The third-order valence-corrected chi connectivity index (χ3v) is 6.13. The van der Waals surface area contributed by atoms with Gasteiger partial charge in [0.15, 0.2) is 11.0 Å². The predicted molar refractivity (Wildman–Crippen MR) is 132 cm³/mol. The number of anilines is 1. The van der Waals surface area contributed by atoms with Gasteiger partial charge in [0, 0.05) is 12.6 Å². The summed E-state index contributed by atoms with van der Waals surface area (Å²) in [7, 11) is 0. The lowest BCUT2D eigenvalue weighted by Gasteiger charge is -2.15. The molecule has 3 rings (SSSR count). The molecule has 0 radical (unpaired) electrons. The molecule has 1 unspecified atom stereocenters. The highest BCUT2D eigenvalue weighted by Crippen LogP contribution is 2.27. The fourth-order valence-corrected chi connectivity index (χ4v) is 4.09. The molecule has 1 aromatic heterocycles. The monoisotopic (exact) mass is 483 g/mol. The molecule has 0 spiro atoms. The number of hydrogen-bond acceptors (Lipinski definition) is 7. The molecular weight excluding hydrogens is 454 g/mol. The van der Waals surface area contributed by atoms with Gasteiger partial charge in [-0.2, -0.15) is 0 Å². The van der Waals surface area contributed by atoms with Crippen LogP contribution in [0, 0.1) is 16.0 Å². The third kappa shape index (κ3) is 6.57. The topological polar surface area (TPSA) is 112 Å². The number of nitro groups is 1. The second kappa shape index (κ2) is 11.6. The molecule has 0 aliphatic heterocycles. The van der Waals surface area contributed by atoms with E-state index < -0.39 is 10.2 Å². The molecule has 0 aliphatic rings. The Labute approximate surface area is 203 Å². The minimum absolute atomic E-state index is 0.151. The van der Waals surface area contributed by atoms with E-state index in [4.69, 9.17) is 4.74 Å². The first kappa shape index (κ1) is 25.2. The van der Waals surface area contributed by atoms with Crippen LogP contribution in [-0.2, 0) is 24.4 Å². The van der Waals surface area contributed by atoms with Crippen molar-refractivity contribution in [2.45, 2.75) is 57.7 Å². The number of ether oxygens (including phenoxy) is 1. The maximum atomic E-state index is 12.8. The first-order chi connectivity index (χ1) is 16.3. The van der Waals surface area contributed by atoms with E-state index in [-0.39, 0.29) is 23.9 Å². The van der Waals surface area contributed by atoms with Crippen LogP contribution in [0.2, 0.25) is 0 Å². The van der Waals surface area contributed by atoms with Crippen LogP contribution in [0.25, 0.3) is 0 Å². The van der Waals surface area contributed by atoms with Crippen molar-refractivity contribution in [1.82, 2.24) is 14.8 Å². The van der Waals surface area contributed by atoms with Crippen molar-refractivity contribution in [2.24, 2.45) is 5.92 Å². The van der Waals surface area contributed by atoms with Crippen molar-refractivity contribution in [1.29, 1.82) is 0 Å². The number of nitrogens with zero attached hydrogens (tertiary/aromatic N) is 4. The van der Waals surface area contributed by atoms with Gasteiger partial charge in [-0.05, 0) is 43.0 Å². The number of aryl methyl sites for hydroxylation is 1. The first-order valence-electron chi connectivity index (χ1n) is 11.1. The minimum atomic E-state index is -0.551. The lowest BCUT2D eigenvalue weighted by Crippen LogP contribution is -2.23. The van der Waals surface area contributed by atoms with Crippen molar-refractivity contribution in [3.8, 4) is 5.75 Å². The number of thioether (sulfide) groups is 1. The Bertz CT molecular complexity index is 1130. The smallest absolute Gasteiger partial charge is 0.292 e. The standard InChI is InChI=1S/C24H29N5O4S/c1-5-18-10-12-19(13-11-18)33-15-22-26-27-24(28(22)14-16(2)3)34-17(4)23(30)25-20-8-6-7-9-21(20)29(31)32/h6-13,16-17H,5,14-15H2,1-4H3,(H,25,30). The summed E-state index contributed by atoms with van der Waals surface area (Å²) in [6.45, 7) is 8.94. The number of benzene rings is 2. The van der Waals surface area contributed by atoms with E-state index in [1.54, 1.807) is 19.1 Å². The summed E-state index contributed by atoms with van der Waals surface area (Å²) in [5.41, 5.74) is 1.25. The Morgan fingerprint density at radius 1 is 1.15 bits per heavy atom. The molecule has 10 heteroatoms. The maximum Gasteiger partial charge on any atom is 0.292 e. The highest BCUT2D eigenvalue weighted by atomic mass is 32.2. The zero-order chi connectivity index (χ0) is 24.7. The Kier molecular flexibility index (Phi) is 8.64. The van der Waals surface area contributed by atoms with Crippen molar-refractivity contribution in [3.63, 3.8) is 0 Å². The molecule has 2 aromatic carbocycles. The molecule has 1 amide bonds. The summed E-state index contributed by atoms with van der Waals surface area (Å²) >= 11 is 1.25. The Balaban J connectivity index is 1.71. The zero-order valence-electron chi connectivity index (χ0n) is 19.7. The van der Waals surface area contributed by atoms with Gasteiger partial charge >= 0.3 is 0 Å². The molecule has 1 N–H and O–H groups in total. The number of carbonyl (C=O) groups is 1. The molecule has 180 valence electrons. The summed E-state index contributed by atoms with van der Waals surface area (Å²) in [4.78, 5) is 23.5. The molecule has 34 heavy (non-hydrogen) atoms. The lowest BCUT2D eigenvalue weighted by molar-refractivity contribution is -0.383. The van der Waals surface area contributed by atoms with Gasteiger partial charge in [-0.15, -0.1) is 10.2 Å². The minimum Gasteiger partial charge on any atom is -0.486 e. The highest BCUT2D eigenvalue weighted by molar-refractivity contribution is 8.00. The molecule has 0 saturated heterocycles. The zero-order valence-corrected chi connectivity index (χ0v) is 20.5. The van der Waals surface area contributed by atoms with Gasteiger partial charge in [0.1, 0.15) is 18.0 Å². The number of aromatic nitrogens is 3. The van der Waals surface area contributed by atoms with Gasteiger partial charge in [0.25, 0.3) is 5.69 Å². The third-order valence-electron chi connectivity index (χ3n) is 5.05. The molecule has 0 bridgehead atoms. The molecule has 1 atom stereocenters. The van der Waals surface area contributed by atoms with Crippen molar-refractivity contribution < 1.29 is 14.5 Å². The van der Waals surface area contributed by atoms with Crippen molar-refractivity contribution >= 4 is 29.0 Å². The van der Waals surface area contributed by atoms with Crippen LogP contribution in [0.15, 0.2) is 53.7 Å². The number of nitrogens with one attached hydrogen (secondary N) is 1. The highest BCUT2D eigenvalue weighted by Gasteiger charge is 2.23. The summed E-state index contributed by atoms with van der Waals surface area (Å²) in [5.74, 6) is 1.39. The van der Waals surface area contributed by atoms with E-state index in [2.05, 4.69) is 36.3 Å². The fraction of sp³-hybridized carbons (Fsp3) is 0.375. The van der Waals surface area contributed by atoms with E-state index in [0.29, 0.717) is 23.4 Å². The first-order valence-corrected chi connectivity index (χ1v) is 12.0. The van der Waals surface area contributed by atoms with Crippen molar-refractivity contribution in [2.75, 3.05) is 5.32 Å². The van der Waals surface area contributed by atoms with E-state index in [1.165, 1.54) is 29.5 Å². The SMILES string of the molecule is CCc1ccc(OCc2nnc(SC(C)C(=O)Nc3ccccc3[N+](=O)[O-])n2CC(C)C)cc1. The van der Waals surface area contributed by atoms with Crippen LogP contribution in [-0.4, -0.2) is 30.8 Å². The van der Waals surface area contributed by atoms with E-state index in [1.807, 2.05) is 28.8 Å². The average molecular weight is 484 g/mol. The molecule has 0 fully saturated rings. The van der Waals surface area contributed by atoms with Gasteiger partial charge in [-0.3, -0.25) is 14.9 Å². The van der Waals surface area contributed by atoms with Crippen LogP contribution >= 0.6 is 11.8 Å². The van der Waals surface area contributed by atoms with Gasteiger partial charge in [-0.25, -0.2) is 0 Å². The van der Waals surface area contributed by atoms with E-state index >= 15 is 0 Å². The maximum absolute atomic E-state index is 12.8. The summed E-state index contributed by atoms with van der Waals surface area (Å²) in [6, 6.07) is 14.0. The van der Waals surface area contributed by atoms with E-state index in [0.717, 1.165) is 12.2 Å². The van der Waals surface area contributed by atoms with Crippen LogP contribution in [0.3, 0.4) is 0 Å². The number of hydrogen-bond donors (Lipinski definition) is 1. The van der Waals surface area contributed by atoms with Crippen LogP contribution in [0.4, 0.5) is 11.4 Å². The molecule has 0 saturated carbocycles. The normalized spacial score (nSPS) is 11.9. The molecule has 0 aliphatic carbocycles. The Morgan fingerprint density at radius 3 is 2.50 bits per heavy atom. The summed E-state index contributed by atoms with van der Waals surface area (Å²) < 4.78 is 7.88. The molecule has 9 nitrogen and oxygen atoms in total. The van der Waals surface area contributed by atoms with Crippen LogP contribution in [0.1, 0.15) is 39.1 Å². The van der Waals surface area contributed by atoms with Crippen LogP contribution in [0.5, 0.6) is 5.75 Å². The van der Waals surface area contributed by atoms with Gasteiger partial charge in [0.2, 0.25) is 5.91 Å². The fourth-order valence-electron chi connectivity index (χ4n) is 3.22. The molecule has 1 heterocycles. The number of nitro benzene ring substituents is 1. The van der Waals surface area contributed by atoms with E-state index in [9.17, 15) is 14.9 Å². The van der Waals surface area contributed by atoms with Gasteiger partial charge < -0.3 is 14.6 Å². The number of rotatable bonds is 11. The Hall–Kier alpha value is -3.40. The quantitative estimate of drug-likeness (QED) is 0.229. The second-order valence-corrected chi connectivity index (χ2v) is 9.52. The lowest BCUT2D eigenvalue weighted by atomic mass is 10.2. The van der Waals surface area contributed by atoms with Gasteiger partial charge in [-0.1, -0.05) is 56.8 Å². The number of carbonyl (C=O) groups excluding carboxylic acids is 1. The van der Waals surface area contributed by atoms with Gasteiger partial charge in [0.05, 0.1) is 10.2 Å². The summed E-state index contributed by atoms with van der Waals surface area (Å²) in [6.07, 6.45) is 0.965. The Morgan fingerprint density at radius 2 is 1.85 bits per heavy atom. The number of amides is 1. The number of para-hydroxylation sites is 2. The average Bonchev–Trinajstić information content (AvgIpc) is 3.18. The van der Waals surface area contributed by atoms with Crippen molar-refractivity contribution in [3.05, 3.63) is 70.0 Å². The summed E-state index contributed by atoms with van der Waals surface area (Å²) in [5, 5.41) is 22.5. The molecule has 3 aromatic rings.